The van der Waals surface area contributed by atoms with Gasteiger partial charge in [0, 0.05) is 32.4 Å². The number of aryl methyl sites for hydroxylation is 1. The number of aromatic nitrogens is 2. The summed E-state index contributed by atoms with van der Waals surface area (Å²) < 4.78 is 4.98. The molecule has 2 rings (SSSR count). The van der Waals surface area contributed by atoms with E-state index in [2.05, 4.69) is 22.2 Å². The van der Waals surface area contributed by atoms with Gasteiger partial charge < -0.3 is 15.0 Å². The molecule has 2 heterocycles. The standard InChI is InChI=1S/C15H24N4O2/c1-11-4-7-19(8-5-11)14(20)13-10-12(2)17-15(18-13)16-6-9-21-3/h10-11H,4-9H2,1-3H3,(H,16,17,18). The molecule has 1 aromatic rings. The van der Waals surface area contributed by atoms with Crippen LogP contribution in [0.5, 0.6) is 0 Å². The fourth-order valence-corrected chi connectivity index (χ4v) is 2.40. The maximum Gasteiger partial charge on any atom is 0.272 e. The molecule has 1 aromatic heterocycles. The number of piperidine rings is 1. The van der Waals surface area contributed by atoms with Gasteiger partial charge in [0.1, 0.15) is 5.69 Å². The van der Waals surface area contributed by atoms with Gasteiger partial charge in [-0.2, -0.15) is 0 Å². The van der Waals surface area contributed by atoms with Crippen molar-refractivity contribution in [1.82, 2.24) is 14.9 Å². The maximum atomic E-state index is 12.5. The third kappa shape index (κ3) is 4.39. The topological polar surface area (TPSA) is 67.3 Å². The Balaban J connectivity index is 2.06. The molecule has 6 nitrogen and oxygen atoms in total. The molecule has 0 atom stereocenters. The van der Waals surface area contributed by atoms with Gasteiger partial charge in [0.2, 0.25) is 5.95 Å². The molecule has 1 fully saturated rings. The van der Waals surface area contributed by atoms with E-state index in [0.29, 0.717) is 30.7 Å². The number of carbonyl (C=O) groups excluding carboxylic acids is 1. The van der Waals surface area contributed by atoms with Gasteiger partial charge in [-0.25, -0.2) is 9.97 Å². The number of nitrogens with one attached hydrogen (secondary N) is 1. The van der Waals surface area contributed by atoms with Gasteiger partial charge in [-0.05, 0) is 31.7 Å². The number of anilines is 1. The quantitative estimate of drug-likeness (QED) is 0.837. The molecule has 1 amide bonds. The zero-order chi connectivity index (χ0) is 15.2. The Labute approximate surface area is 125 Å². The molecule has 0 saturated carbocycles. The van der Waals surface area contributed by atoms with Crippen LogP contribution in [0.2, 0.25) is 0 Å². The lowest BCUT2D eigenvalue weighted by atomic mass is 9.99. The zero-order valence-corrected chi connectivity index (χ0v) is 13.1. The minimum atomic E-state index is 0.00203. The number of nitrogens with zero attached hydrogens (tertiary/aromatic N) is 3. The van der Waals surface area contributed by atoms with E-state index in [9.17, 15) is 4.79 Å². The lowest BCUT2D eigenvalue weighted by Gasteiger charge is -2.30. The Bertz CT molecular complexity index is 485. The van der Waals surface area contributed by atoms with E-state index in [1.54, 1.807) is 13.2 Å². The van der Waals surface area contributed by atoms with Gasteiger partial charge in [0.05, 0.1) is 6.61 Å². The molecule has 1 saturated heterocycles. The Hall–Kier alpha value is -1.69. The minimum absolute atomic E-state index is 0.00203. The summed E-state index contributed by atoms with van der Waals surface area (Å²) in [6.45, 7) is 6.93. The lowest BCUT2D eigenvalue weighted by Crippen LogP contribution is -2.38. The molecule has 0 radical (unpaired) electrons. The van der Waals surface area contributed by atoms with E-state index in [-0.39, 0.29) is 5.91 Å². The van der Waals surface area contributed by atoms with Crippen molar-refractivity contribution in [2.75, 3.05) is 38.7 Å². The first-order chi connectivity index (χ1) is 10.1. The van der Waals surface area contributed by atoms with Crippen LogP contribution < -0.4 is 5.32 Å². The second-order valence-corrected chi connectivity index (χ2v) is 5.61. The molecule has 0 aliphatic carbocycles. The number of methoxy groups -OCH3 is 1. The van der Waals surface area contributed by atoms with Crippen molar-refractivity contribution in [2.24, 2.45) is 5.92 Å². The maximum absolute atomic E-state index is 12.5. The highest BCUT2D eigenvalue weighted by molar-refractivity contribution is 5.92. The van der Waals surface area contributed by atoms with E-state index in [0.717, 1.165) is 31.6 Å². The van der Waals surface area contributed by atoms with E-state index >= 15 is 0 Å². The lowest BCUT2D eigenvalue weighted by molar-refractivity contribution is 0.0691. The van der Waals surface area contributed by atoms with E-state index in [4.69, 9.17) is 4.74 Å². The van der Waals surface area contributed by atoms with Crippen LogP contribution in [0.25, 0.3) is 0 Å². The predicted octanol–water partition coefficient (Wildman–Crippen LogP) is 1.72. The number of rotatable bonds is 5. The third-order valence-corrected chi connectivity index (χ3v) is 3.73. The smallest absolute Gasteiger partial charge is 0.272 e. The highest BCUT2D eigenvalue weighted by atomic mass is 16.5. The fraction of sp³-hybridized carbons (Fsp3) is 0.667. The molecule has 0 aromatic carbocycles. The molecule has 1 N–H and O–H groups in total. The highest BCUT2D eigenvalue weighted by Crippen LogP contribution is 2.18. The second-order valence-electron chi connectivity index (χ2n) is 5.61. The molecular weight excluding hydrogens is 268 g/mol. The largest absolute Gasteiger partial charge is 0.383 e. The van der Waals surface area contributed by atoms with Gasteiger partial charge in [0.15, 0.2) is 0 Å². The normalized spacial score (nSPS) is 16.0. The summed E-state index contributed by atoms with van der Waals surface area (Å²) in [5.41, 5.74) is 1.26. The molecule has 0 bridgehead atoms. The predicted molar refractivity (Wildman–Crippen MR) is 81.4 cm³/mol. The summed E-state index contributed by atoms with van der Waals surface area (Å²) in [4.78, 5) is 23.0. The van der Waals surface area contributed by atoms with Crippen molar-refractivity contribution < 1.29 is 9.53 Å². The minimum Gasteiger partial charge on any atom is -0.383 e. The number of hydrogen-bond donors (Lipinski definition) is 1. The molecule has 116 valence electrons. The van der Waals surface area contributed by atoms with Gasteiger partial charge in [-0.15, -0.1) is 0 Å². The Morgan fingerprint density at radius 1 is 1.43 bits per heavy atom. The van der Waals surface area contributed by atoms with Crippen LogP contribution in [0.3, 0.4) is 0 Å². The average molecular weight is 292 g/mol. The number of ether oxygens (including phenoxy) is 1. The first-order valence-corrected chi connectivity index (χ1v) is 7.48. The first-order valence-electron chi connectivity index (χ1n) is 7.48. The highest BCUT2D eigenvalue weighted by Gasteiger charge is 2.23. The van der Waals surface area contributed by atoms with Crippen LogP contribution in [-0.2, 0) is 4.74 Å². The summed E-state index contributed by atoms with van der Waals surface area (Å²) in [5.74, 6) is 1.19. The summed E-state index contributed by atoms with van der Waals surface area (Å²) in [7, 11) is 1.64. The van der Waals surface area contributed by atoms with Crippen LogP contribution in [0.15, 0.2) is 6.07 Å². The third-order valence-electron chi connectivity index (χ3n) is 3.73. The molecule has 6 heteroatoms. The van der Waals surface area contributed by atoms with Crippen LogP contribution in [-0.4, -0.2) is 54.1 Å². The van der Waals surface area contributed by atoms with Gasteiger partial charge in [-0.3, -0.25) is 4.79 Å². The van der Waals surface area contributed by atoms with E-state index in [1.165, 1.54) is 0 Å². The molecule has 1 aliphatic rings. The van der Waals surface area contributed by atoms with Crippen LogP contribution in [0, 0.1) is 12.8 Å². The Kier molecular flexibility index (Phi) is 5.50. The molecular formula is C15H24N4O2. The van der Waals surface area contributed by atoms with Gasteiger partial charge in [-0.1, -0.05) is 6.92 Å². The van der Waals surface area contributed by atoms with Gasteiger partial charge >= 0.3 is 0 Å². The number of hydrogen-bond acceptors (Lipinski definition) is 5. The van der Waals surface area contributed by atoms with Crippen molar-refractivity contribution in [3.05, 3.63) is 17.5 Å². The van der Waals surface area contributed by atoms with Crippen molar-refractivity contribution >= 4 is 11.9 Å². The number of carbonyl (C=O) groups is 1. The van der Waals surface area contributed by atoms with Crippen molar-refractivity contribution in [1.29, 1.82) is 0 Å². The average Bonchev–Trinajstić information content (AvgIpc) is 2.47. The van der Waals surface area contributed by atoms with Crippen molar-refractivity contribution in [2.45, 2.75) is 26.7 Å². The van der Waals surface area contributed by atoms with Crippen molar-refractivity contribution in [3.8, 4) is 0 Å². The van der Waals surface area contributed by atoms with E-state index < -0.39 is 0 Å². The summed E-state index contributed by atoms with van der Waals surface area (Å²) in [5, 5.41) is 3.07. The van der Waals surface area contributed by atoms with E-state index in [1.807, 2.05) is 11.8 Å². The number of likely N-dealkylation sites (tertiary alicyclic amines) is 1. The monoisotopic (exact) mass is 292 g/mol. The summed E-state index contributed by atoms with van der Waals surface area (Å²) in [6, 6.07) is 1.75. The molecule has 21 heavy (non-hydrogen) atoms. The molecule has 1 aliphatic heterocycles. The SMILES string of the molecule is COCCNc1nc(C)cc(C(=O)N2CCC(C)CC2)n1. The zero-order valence-electron chi connectivity index (χ0n) is 13.1. The summed E-state index contributed by atoms with van der Waals surface area (Å²) in [6.07, 6.45) is 2.13. The van der Waals surface area contributed by atoms with Crippen LogP contribution >= 0.6 is 0 Å². The first kappa shape index (κ1) is 15.7. The summed E-state index contributed by atoms with van der Waals surface area (Å²) >= 11 is 0. The van der Waals surface area contributed by atoms with Crippen molar-refractivity contribution in [3.63, 3.8) is 0 Å². The molecule has 0 unspecified atom stereocenters. The second kappa shape index (κ2) is 7.36. The van der Waals surface area contributed by atoms with Gasteiger partial charge in [0.25, 0.3) is 5.91 Å². The fourth-order valence-electron chi connectivity index (χ4n) is 2.40. The Morgan fingerprint density at radius 3 is 2.81 bits per heavy atom. The van der Waals surface area contributed by atoms with Crippen LogP contribution in [0.1, 0.15) is 35.9 Å². The molecule has 0 spiro atoms. The number of amides is 1. The van der Waals surface area contributed by atoms with Crippen LogP contribution in [0.4, 0.5) is 5.95 Å². The Morgan fingerprint density at radius 2 is 2.14 bits per heavy atom.